The molecule has 122 valence electrons. The quantitative estimate of drug-likeness (QED) is 0.873. The SMILES string of the molecule is NC1CCCOc2cc(Oc3ccc(C(F)(F)F)cc3)ccc21. The molecule has 0 fully saturated rings. The topological polar surface area (TPSA) is 44.5 Å². The molecule has 0 aromatic heterocycles. The van der Waals surface area contributed by atoms with E-state index < -0.39 is 11.7 Å². The van der Waals surface area contributed by atoms with Gasteiger partial charge >= 0.3 is 6.18 Å². The van der Waals surface area contributed by atoms with Crippen molar-refractivity contribution < 1.29 is 22.6 Å². The number of halogens is 3. The average Bonchev–Trinajstić information content (AvgIpc) is 2.68. The van der Waals surface area contributed by atoms with E-state index in [4.69, 9.17) is 15.2 Å². The summed E-state index contributed by atoms with van der Waals surface area (Å²) >= 11 is 0. The van der Waals surface area contributed by atoms with Crippen LogP contribution in [0.4, 0.5) is 13.2 Å². The molecule has 23 heavy (non-hydrogen) atoms. The molecule has 0 aliphatic carbocycles. The molecule has 3 rings (SSSR count). The zero-order valence-electron chi connectivity index (χ0n) is 12.3. The molecule has 0 saturated heterocycles. The lowest BCUT2D eigenvalue weighted by atomic mass is 10.0. The Labute approximate surface area is 131 Å². The first-order valence-electron chi connectivity index (χ1n) is 7.31. The third-order valence-electron chi connectivity index (χ3n) is 3.72. The fraction of sp³-hybridized carbons (Fsp3) is 0.294. The van der Waals surface area contributed by atoms with Gasteiger partial charge in [-0.1, -0.05) is 6.07 Å². The second kappa shape index (κ2) is 6.12. The van der Waals surface area contributed by atoms with E-state index in [0.29, 0.717) is 23.9 Å². The fourth-order valence-electron chi connectivity index (χ4n) is 2.50. The molecule has 0 saturated carbocycles. The maximum absolute atomic E-state index is 12.5. The standard InChI is InChI=1S/C17H16F3NO2/c18-17(19,20)11-3-5-12(6-4-11)23-13-7-8-14-15(21)2-1-9-22-16(14)10-13/h3-8,10,15H,1-2,9,21H2. The van der Waals surface area contributed by atoms with Gasteiger partial charge in [0.05, 0.1) is 12.2 Å². The van der Waals surface area contributed by atoms with Gasteiger partial charge in [0.2, 0.25) is 0 Å². The first-order valence-corrected chi connectivity index (χ1v) is 7.31. The van der Waals surface area contributed by atoms with Crippen molar-refractivity contribution in [3.8, 4) is 17.2 Å². The van der Waals surface area contributed by atoms with Gasteiger partial charge in [-0.2, -0.15) is 13.2 Å². The Morgan fingerprint density at radius 1 is 1.04 bits per heavy atom. The summed E-state index contributed by atoms with van der Waals surface area (Å²) in [4.78, 5) is 0. The number of ether oxygens (including phenoxy) is 2. The van der Waals surface area contributed by atoms with E-state index in [9.17, 15) is 13.2 Å². The zero-order valence-corrected chi connectivity index (χ0v) is 12.3. The number of fused-ring (bicyclic) bond motifs is 1. The predicted octanol–water partition coefficient (Wildman–Crippen LogP) is 4.67. The molecule has 0 spiro atoms. The van der Waals surface area contributed by atoms with Crippen LogP contribution in [0.3, 0.4) is 0 Å². The molecule has 1 heterocycles. The van der Waals surface area contributed by atoms with Crippen molar-refractivity contribution in [3.63, 3.8) is 0 Å². The summed E-state index contributed by atoms with van der Waals surface area (Å²) in [6, 6.07) is 9.79. The van der Waals surface area contributed by atoms with Gasteiger partial charge in [-0.15, -0.1) is 0 Å². The minimum Gasteiger partial charge on any atom is -0.493 e. The Morgan fingerprint density at radius 3 is 2.43 bits per heavy atom. The van der Waals surface area contributed by atoms with Gasteiger partial charge in [0.1, 0.15) is 17.2 Å². The van der Waals surface area contributed by atoms with Crippen LogP contribution in [-0.4, -0.2) is 6.61 Å². The molecule has 0 amide bonds. The summed E-state index contributed by atoms with van der Waals surface area (Å²) in [5.41, 5.74) is 6.29. The van der Waals surface area contributed by atoms with Crippen molar-refractivity contribution in [1.29, 1.82) is 0 Å². The van der Waals surface area contributed by atoms with E-state index in [0.717, 1.165) is 30.5 Å². The molecule has 2 aromatic carbocycles. The number of rotatable bonds is 2. The van der Waals surface area contributed by atoms with Crippen molar-refractivity contribution >= 4 is 0 Å². The number of benzene rings is 2. The highest BCUT2D eigenvalue weighted by atomic mass is 19.4. The second-order valence-electron chi connectivity index (χ2n) is 5.42. The van der Waals surface area contributed by atoms with Crippen LogP contribution in [-0.2, 0) is 6.18 Å². The molecule has 2 N–H and O–H groups in total. The Hall–Kier alpha value is -2.21. The van der Waals surface area contributed by atoms with Crippen LogP contribution in [0.15, 0.2) is 42.5 Å². The summed E-state index contributed by atoms with van der Waals surface area (Å²) in [5.74, 6) is 1.49. The molecule has 6 heteroatoms. The van der Waals surface area contributed by atoms with E-state index in [2.05, 4.69) is 0 Å². The van der Waals surface area contributed by atoms with Crippen LogP contribution >= 0.6 is 0 Å². The van der Waals surface area contributed by atoms with Crippen molar-refractivity contribution in [1.82, 2.24) is 0 Å². The van der Waals surface area contributed by atoms with E-state index in [1.807, 2.05) is 6.07 Å². The van der Waals surface area contributed by atoms with Gasteiger partial charge in [0.25, 0.3) is 0 Å². The molecular formula is C17H16F3NO2. The largest absolute Gasteiger partial charge is 0.493 e. The molecule has 1 aliphatic rings. The van der Waals surface area contributed by atoms with Gasteiger partial charge in [-0.25, -0.2) is 0 Å². The maximum Gasteiger partial charge on any atom is 0.416 e. The van der Waals surface area contributed by atoms with E-state index >= 15 is 0 Å². The summed E-state index contributed by atoms with van der Waals surface area (Å²) in [6.45, 7) is 0.588. The monoisotopic (exact) mass is 323 g/mol. The molecular weight excluding hydrogens is 307 g/mol. The van der Waals surface area contributed by atoms with Crippen LogP contribution in [0, 0.1) is 0 Å². The minimum absolute atomic E-state index is 0.0763. The lowest BCUT2D eigenvalue weighted by Gasteiger charge is -2.14. The number of hydrogen-bond acceptors (Lipinski definition) is 3. The molecule has 2 aromatic rings. The Kier molecular flexibility index (Phi) is 4.17. The average molecular weight is 323 g/mol. The number of hydrogen-bond donors (Lipinski definition) is 1. The van der Waals surface area contributed by atoms with Crippen molar-refractivity contribution in [2.75, 3.05) is 6.61 Å². The van der Waals surface area contributed by atoms with Gasteiger partial charge in [0.15, 0.2) is 0 Å². The smallest absolute Gasteiger partial charge is 0.416 e. The summed E-state index contributed by atoms with van der Waals surface area (Å²) in [6.07, 6.45) is -2.62. The normalized spacial score (nSPS) is 17.8. The van der Waals surface area contributed by atoms with Gasteiger partial charge in [0, 0.05) is 17.7 Å². The van der Waals surface area contributed by atoms with Crippen molar-refractivity contribution in [2.24, 2.45) is 5.73 Å². The first-order chi connectivity index (χ1) is 10.9. The maximum atomic E-state index is 12.5. The third-order valence-corrected chi connectivity index (χ3v) is 3.72. The third kappa shape index (κ3) is 3.59. The highest BCUT2D eigenvalue weighted by Gasteiger charge is 2.30. The minimum atomic E-state index is -4.35. The van der Waals surface area contributed by atoms with Gasteiger partial charge in [-0.3, -0.25) is 0 Å². The number of nitrogens with two attached hydrogens (primary N) is 1. The summed E-state index contributed by atoms with van der Waals surface area (Å²) in [5, 5.41) is 0. The van der Waals surface area contributed by atoms with E-state index in [1.165, 1.54) is 12.1 Å². The Balaban J connectivity index is 1.79. The van der Waals surface area contributed by atoms with Crippen LogP contribution in [0.25, 0.3) is 0 Å². The van der Waals surface area contributed by atoms with Crippen LogP contribution < -0.4 is 15.2 Å². The summed E-state index contributed by atoms with van der Waals surface area (Å²) in [7, 11) is 0. The zero-order chi connectivity index (χ0) is 16.4. The van der Waals surface area contributed by atoms with E-state index in [-0.39, 0.29) is 6.04 Å². The lowest BCUT2D eigenvalue weighted by Crippen LogP contribution is -2.08. The Bertz CT molecular complexity index is 683. The van der Waals surface area contributed by atoms with Crippen LogP contribution in [0.2, 0.25) is 0 Å². The second-order valence-corrected chi connectivity index (χ2v) is 5.42. The first kappa shape index (κ1) is 15.7. The molecule has 0 radical (unpaired) electrons. The Morgan fingerprint density at radius 2 is 1.74 bits per heavy atom. The van der Waals surface area contributed by atoms with Crippen molar-refractivity contribution in [2.45, 2.75) is 25.1 Å². The van der Waals surface area contributed by atoms with Crippen LogP contribution in [0.1, 0.15) is 30.0 Å². The molecule has 3 nitrogen and oxygen atoms in total. The summed E-state index contributed by atoms with van der Waals surface area (Å²) < 4.78 is 48.9. The number of alkyl halides is 3. The molecule has 0 bridgehead atoms. The predicted molar refractivity (Wildman–Crippen MR) is 79.6 cm³/mol. The van der Waals surface area contributed by atoms with E-state index in [1.54, 1.807) is 12.1 Å². The highest BCUT2D eigenvalue weighted by Crippen LogP contribution is 2.35. The highest BCUT2D eigenvalue weighted by molar-refractivity contribution is 5.44. The van der Waals surface area contributed by atoms with Gasteiger partial charge in [-0.05, 0) is 43.2 Å². The van der Waals surface area contributed by atoms with Gasteiger partial charge < -0.3 is 15.2 Å². The lowest BCUT2D eigenvalue weighted by molar-refractivity contribution is -0.137. The molecule has 1 atom stereocenters. The van der Waals surface area contributed by atoms with Crippen LogP contribution in [0.5, 0.6) is 17.2 Å². The molecule has 1 aliphatic heterocycles. The fourth-order valence-corrected chi connectivity index (χ4v) is 2.50. The molecule has 1 unspecified atom stereocenters. The van der Waals surface area contributed by atoms with Crippen molar-refractivity contribution in [3.05, 3.63) is 53.6 Å².